The fraction of sp³-hybridized carbons (Fsp3) is 0.556. The molecule has 6 nitrogen and oxygen atoms in total. The highest BCUT2D eigenvalue weighted by Gasteiger charge is 2.30. The lowest BCUT2D eigenvalue weighted by Crippen LogP contribution is -2.36. The number of hydrogen-bond acceptors (Lipinski definition) is 6. The molecule has 128 valence electrons. The van der Waals surface area contributed by atoms with Crippen LogP contribution in [0.1, 0.15) is 19.3 Å². The average Bonchev–Trinajstić information content (AvgIpc) is 3.34. The number of hydrogen-bond donors (Lipinski definition) is 1. The summed E-state index contributed by atoms with van der Waals surface area (Å²) in [5, 5.41) is 7.61. The summed E-state index contributed by atoms with van der Waals surface area (Å²) in [6.07, 6.45) is 3.76. The smallest absolute Gasteiger partial charge is 0.324 e. The van der Waals surface area contributed by atoms with E-state index in [0.717, 1.165) is 36.2 Å². The number of methoxy groups -OCH3 is 1. The van der Waals surface area contributed by atoms with Crippen LogP contribution in [0.15, 0.2) is 28.8 Å². The molecule has 2 saturated heterocycles. The topological polar surface area (TPSA) is 63.4 Å². The highest BCUT2D eigenvalue weighted by molar-refractivity contribution is 5.56. The molecule has 1 N–H and O–H groups in total. The monoisotopic (exact) mass is 328 g/mol. The molecule has 2 aromatic rings. The van der Waals surface area contributed by atoms with Crippen molar-refractivity contribution in [2.45, 2.75) is 19.3 Å². The minimum Gasteiger partial charge on any atom is -0.497 e. The van der Waals surface area contributed by atoms with E-state index in [1.807, 2.05) is 24.3 Å². The van der Waals surface area contributed by atoms with E-state index >= 15 is 0 Å². The van der Waals surface area contributed by atoms with Gasteiger partial charge < -0.3 is 19.5 Å². The number of rotatable bonds is 4. The molecule has 1 atom stereocenters. The molecule has 6 heteroatoms. The van der Waals surface area contributed by atoms with E-state index in [4.69, 9.17) is 9.26 Å². The van der Waals surface area contributed by atoms with Gasteiger partial charge >= 0.3 is 6.01 Å². The molecular weight excluding hydrogens is 304 g/mol. The molecule has 1 unspecified atom stereocenters. The predicted molar refractivity (Wildman–Crippen MR) is 92.2 cm³/mol. The molecule has 24 heavy (non-hydrogen) atoms. The molecule has 2 aliphatic rings. The molecule has 2 fully saturated rings. The van der Waals surface area contributed by atoms with Gasteiger partial charge in [-0.3, -0.25) is 0 Å². The van der Waals surface area contributed by atoms with Gasteiger partial charge in [0, 0.05) is 18.7 Å². The fourth-order valence-electron chi connectivity index (χ4n) is 3.84. The molecule has 0 aliphatic carbocycles. The van der Waals surface area contributed by atoms with Crippen molar-refractivity contribution < 1.29 is 9.26 Å². The van der Waals surface area contributed by atoms with E-state index in [2.05, 4.69) is 20.4 Å². The van der Waals surface area contributed by atoms with E-state index < -0.39 is 0 Å². The summed E-state index contributed by atoms with van der Waals surface area (Å²) in [7, 11) is 1.66. The molecule has 0 spiro atoms. The van der Waals surface area contributed by atoms with Gasteiger partial charge in [-0.15, -0.1) is 0 Å². The SMILES string of the molecule is COc1ccc(-c2noc(N3CCC(C4CCNC4)CC3)n2)cc1. The van der Waals surface area contributed by atoms with Crippen LogP contribution in [0.25, 0.3) is 11.4 Å². The maximum atomic E-state index is 5.50. The zero-order valence-electron chi connectivity index (χ0n) is 14.1. The zero-order chi connectivity index (χ0) is 16.4. The molecule has 0 bridgehead atoms. The third-order valence-corrected chi connectivity index (χ3v) is 5.34. The summed E-state index contributed by atoms with van der Waals surface area (Å²) in [5.74, 6) is 3.14. The van der Waals surface area contributed by atoms with Crippen molar-refractivity contribution in [3.63, 3.8) is 0 Å². The number of anilines is 1. The number of ether oxygens (including phenoxy) is 1. The first kappa shape index (κ1) is 15.4. The first-order valence-corrected chi connectivity index (χ1v) is 8.77. The molecular formula is C18H24N4O2. The molecule has 3 heterocycles. The van der Waals surface area contributed by atoms with Crippen LogP contribution in [-0.4, -0.2) is 43.4 Å². The Morgan fingerprint density at radius 3 is 2.58 bits per heavy atom. The van der Waals surface area contributed by atoms with Crippen LogP contribution in [-0.2, 0) is 0 Å². The van der Waals surface area contributed by atoms with Crippen molar-refractivity contribution in [1.29, 1.82) is 0 Å². The van der Waals surface area contributed by atoms with Gasteiger partial charge in [0.2, 0.25) is 5.82 Å². The normalized spacial score (nSPS) is 22.0. The summed E-state index contributed by atoms with van der Waals surface area (Å²) in [6, 6.07) is 8.36. The van der Waals surface area contributed by atoms with E-state index in [1.54, 1.807) is 7.11 Å². The highest BCUT2D eigenvalue weighted by Crippen LogP contribution is 2.31. The number of aromatic nitrogens is 2. The van der Waals surface area contributed by atoms with E-state index in [1.165, 1.54) is 32.4 Å². The number of nitrogens with one attached hydrogen (secondary N) is 1. The third kappa shape index (κ3) is 3.11. The lowest BCUT2D eigenvalue weighted by atomic mass is 9.84. The van der Waals surface area contributed by atoms with Gasteiger partial charge in [-0.25, -0.2) is 0 Å². The van der Waals surface area contributed by atoms with Crippen LogP contribution in [0.3, 0.4) is 0 Å². The van der Waals surface area contributed by atoms with Crippen LogP contribution < -0.4 is 15.0 Å². The Kier molecular flexibility index (Phi) is 4.38. The summed E-state index contributed by atoms with van der Waals surface area (Å²) in [6.45, 7) is 4.38. The summed E-state index contributed by atoms with van der Waals surface area (Å²) in [4.78, 5) is 6.80. The molecule has 1 aromatic heterocycles. The molecule has 1 aromatic carbocycles. The molecule has 0 saturated carbocycles. The van der Waals surface area contributed by atoms with Crippen LogP contribution in [0.2, 0.25) is 0 Å². The van der Waals surface area contributed by atoms with Gasteiger partial charge in [0.1, 0.15) is 5.75 Å². The first-order valence-electron chi connectivity index (χ1n) is 8.77. The Hall–Kier alpha value is -2.08. The quantitative estimate of drug-likeness (QED) is 0.931. The zero-order valence-corrected chi connectivity index (χ0v) is 14.1. The van der Waals surface area contributed by atoms with Gasteiger partial charge in [-0.05, 0) is 68.5 Å². The minimum absolute atomic E-state index is 0.634. The summed E-state index contributed by atoms with van der Waals surface area (Å²) >= 11 is 0. The second-order valence-corrected chi connectivity index (χ2v) is 6.71. The van der Waals surface area contributed by atoms with Gasteiger partial charge in [0.25, 0.3) is 0 Å². The van der Waals surface area contributed by atoms with Gasteiger partial charge in [0.05, 0.1) is 7.11 Å². The molecule has 2 aliphatic heterocycles. The Labute approximate surface area is 142 Å². The Morgan fingerprint density at radius 1 is 1.12 bits per heavy atom. The van der Waals surface area contributed by atoms with Crippen molar-refractivity contribution in [1.82, 2.24) is 15.5 Å². The highest BCUT2D eigenvalue weighted by atomic mass is 16.5. The van der Waals surface area contributed by atoms with E-state index in [9.17, 15) is 0 Å². The number of piperidine rings is 1. The second-order valence-electron chi connectivity index (χ2n) is 6.71. The number of benzene rings is 1. The van der Waals surface area contributed by atoms with Crippen molar-refractivity contribution in [2.24, 2.45) is 11.8 Å². The summed E-state index contributed by atoms with van der Waals surface area (Å²) in [5.41, 5.74) is 0.942. The Morgan fingerprint density at radius 2 is 1.92 bits per heavy atom. The van der Waals surface area contributed by atoms with Crippen LogP contribution in [0, 0.1) is 11.8 Å². The maximum Gasteiger partial charge on any atom is 0.324 e. The fourth-order valence-corrected chi connectivity index (χ4v) is 3.84. The Balaban J connectivity index is 1.39. The van der Waals surface area contributed by atoms with E-state index in [-0.39, 0.29) is 0 Å². The summed E-state index contributed by atoms with van der Waals surface area (Å²) < 4.78 is 10.7. The third-order valence-electron chi connectivity index (χ3n) is 5.34. The van der Waals surface area contributed by atoms with Crippen LogP contribution in [0.4, 0.5) is 6.01 Å². The van der Waals surface area contributed by atoms with Crippen molar-refractivity contribution in [3.8, 4) is 17.1 Å². The number of nitrogens with zero attached hydrogens (tertiary/aromatic N) is 3. The van der Waals surface area contributed by atoms with Crippen LogP contribution in [0.5, 0.6) is 5.75 Å². The van der Waals surface area contributed by atoms with Gasteiger partial charge in [-0.1, -0.05) is 5.16 Å². The second kappa shape index (κ2) is 6.81. The van der Waals surface area contributed by atoms with E-state index in [0.29, 0.717) is 11.8 Å². The minimum atomic E-state index is 0.634. The average molecular weight is 328 g/mol. The largest absolute Gasteiger partial charge is 0.497 e. The predicted octanol–water partition coefficient (Wildman–Crippen LogP) is 2.57. The van der Waals surface area contributed by atoms with Crippen LogP contribution >= 0.6 is 0 Å². The standard InChI is InChI=1S/C18H24N4O2/c1-23-16-4-2-14(3-5-16)17-20-18(24-21-17)22-10-7-13(8-11-22)15-6-9-19-12-15/h2-5,13,15,19H,6-12H2,1H3. The lowest BCUT2D eigenvalue weighted by Gasteiger charge is -2.33. The molecule has 4 rings (SSSR count). The maximum absolute atomic E-state index is 5.50. The molecule has 0 amide bonds. The molecule has 0 radical (unpaired) electrons. The Bertz CT molecular complexity index is 656. The van der Waals surface area contributed by atoms with Crippen molar-refractivity contribution in [2.75, 3.05) is 38.2 Å². The van der Waals surface area contributed by atoms with Gasteiger partial charge in [-0.2, -0.15) is 4.98 Å². The van der Waals surface area contributed by atoms with Gasteiger partial charge in [0.15, 0.2) is 0 Å². The van der Waals surface area contributed by atoms with Crippen molar-refractivity contribution in [3.05, 3.63) is 24.3 Å². The van der Waals surface area contributed by atoms with Crippen molar-refractivity contribution >= 4 is 6.01 Å². The first-order chi connectivity index (χ1) is 11.8. The lowest BCUT2D eigenvalue weighted by molar-refractivity contribution is 0.282.